The van der Waals surface area contributed by atoms with Gasteiger partial charge in [-0.25, -0.2) is 0 Å². The van der Waals surface area contributed by atoms with Crippen molar-refractivity contribution in [2.75, 3.05) is 0 Å². The summed E-state index contributed by atoms with van der Waals surface area (Å²) in [6.45, 7) is 0. The van der Waals surface area contributed by atoms with Crippen LogP contribution in [0.1, 0.15) is 0 Å². The van der Waals surface area contributed by atoms with E-state index in [-0.39, 0.29) is 211 Å². The van der Waals surface area contributed by atoms with Crippen LogP contribution in [-0.4, -0.2) is 17.5 Å². The minimum Gasteiger partial charge on any atom is -1.00 e. The Labute approximate surface area is 230 Å². The third-order valence-electron chi connectivity index (χ3n) is 0. The third kappa shape index (κ3) is 56.2. The minimum atomic E-state index is -5.17. The molecule has 0 aromatic heterocycles. The molecule has 4 nitrogen and oxygen atoms in total. The molecule has 0 aromatic rings. The van der Waals surface area contributed by atoms with Crippen LogP contribution in [0.5, 0.6) is 0 Å². The first-order valence-corrected chi connectivity index (χ1v) is 2.00. The molecule has 0 fully saturated rings. The van der Waals surface area contributed by atoms with E-state index in [9.17, 15) is 0 Å². The fraction of sp³-hybridized carbons (Fsp3) is 0. The zero-order valence-corrected chi connectivity index (χ0v) is 25.1. The molecule has 0 saturated heterocycles. The molecule has 0 heterocycles. The van der Waals surface area contributed by atoms with E-state index in [1.807, 2.05) is 0 Å². The van der Waals surface area contributed by atoms with Crippen LogP contribution in [0.4, 0.5) is 0 Å². The van der Waals surface area contributed by atoms with E-state index in [2.05, 4.69) is 0 Å². The quantitative estimate of drug-likeness (QED) is 0.238. The van der Waals surface area contributed by atoms with E-state index in [1.54, 1.807) is 0 Å². The molecular weight excluding hydrogens is 514 g/mol. The first-order chi connectivity index (χ1) is 2.00. The second-order valence-electron chi connectivity index (χ2n) is 0.408. The van der Waals surface area contributed by atoms with Crippen LogP contribution in [0.3, 0.4) is 0 Å². The van der Waals surface area contributed by atoms with Gasteiger partial charge in [0.2, 0.25) is 0 Å². The van der Waals surface area contributed by atoms with Crippen LogP contribution < -0.4 is 211 Å². The Morgan fingerprint density at radius 2 is 0.889 bits per heavy atom. The van der Waals surface area contributed by atoms with Gasteiger partial charge in [-0.15, -0.1) is 0 Å². The molecule has 0 saturated carbocycles. The summed E-state index contributed by atoms with van der Waals surface area (Å²) >= 11 is 0. The van der Waals surface area contributed by atoms with Gasteiger partial charge in [-0.05, 0) is 0 Å². The maximum absolute atomic E-state index is 8.52. The van der Waals surface area contributed by atoms with Crippen LogP contribution in [0.15, 0.2) is 0 Å². The molecular formula is Cs3FO4S. The Morgan fingerprint density at radius 3 is 0.889 bits per heavy atom. The molecule has 0 aliphatic rings. The minimum absolute atomic E-state index is 0. The van der Waals surface area contributed by atoms with Crippen molar-refractivity contribution in [3.8, 4) is 0 Å². The number of rotatable bonds is 0. The van der Waals surface area contributed by atoms with Crippen molar-refractivity contribution >= 4 is 10.4 Å². The summed E-state index contributed by atoms with van der Waals surface area (Å²) in [4.78, 5) is 0. The molecule has 9 heteroatoms. The third-order valence-corrected chi connectivity index (χ3v) is 0. The van der Waals surface area contributed by atoms with E-state index in [0.717, 1.165) is 0 Å². The SMILES string of the molecule is O=S(=O)([O-])[O-].[Cs+].[Cs+].[Cs+].[F-]. The Hall–Kier alpha value is 5.96. The Bertz CT molecular complexity index is 99.0. The van der Waals surface area contributed by atoms with Crippen LogP contribution in [0, 0.1) is 0 Å². The van der Waals surface area contributed by atoms with Gasteiger partial charge in [0.05, 0.1) is 0 Å². The van der Waals surface area contributed by atoms with Crippen LogP contribution in [0.25, 0.3) is 0 Å². The van der Waals surface area contributed by atoms with E-state index in [0.29, 0.717) is 0 Å². The largest absolute Gasteiger partial charge is 1.00 e. The zero-order chi connectivity index (χ0) is 4.50. The van der Waals surface area contributed by atoms with Crippen LogP contribution >= 0.6 is 0 Å². The average molecular weight is 514 g/mol. The molecule has 0 atom stereocenters. The van der Waals surface area contributed by atoms with Crippen molar-refractivity contribution in [3.05, 3.63) is 0 Å². The monoisotopic (exact) mass is 514 g/mol. The molecule has 0 spiro atoms. The summed E-state index contributed by atoms with van der Waals surface area (Å²) in [7, 11) is -5.17. The molecule has 0 unspecified atom stereocenters. The summed E-state index contributed by atoms with van der Waals surface area (Å²) < 4.78 is 34.1. The molecule has 0 N–H and O–H groups in total. The van der Waals surface area contributed by atoms with Crippen molar-refractivity contribution in [1.29, 1.82) is 0 Å². The standard InChI is InChI=1S/3Cs.FH.H2O4S/c;;;;1-5(2,3)4/h;;;1H;(H2,1,2,3,4)/q3*+1;;/p-3. The summed E-state index contributed by atoms with van der Waals surface area (Å²) in [5.74, 6) is 0. The Balaban J connectivity index is -0.0000000133. The Morgan fingerprint density at radius 1 is 0.889 bits per heavy atom. The van der Waals surface area contributed by atoms with Gasteiger partial charge in [0, 0.05) is 10.4 Å². The van der Waals surface area contributed by atoms with E-state index in [4.69, 9.17) is 17.5 Å². The average Bonchev–Trinajstić information content (AvgIpc) is 0.722. The van der Waals surface area contributed by atoms with Gasteiger partial charge in [0.25, 0.3) is 0 Å². The fourth-order valence-corrected chi connectivity index (χ4v) is 0. The van der Waals surface area contributed by atoms with Gasteiger partial charge in [-0.2, -0.15) is 0 Å². The molecule has 0 amide bonds. The van der Waals surface area contributed by atoms with Crippen LogP contribution in [-0.2, 0) is 10.4 Å². The zero-order valence-electron chi connectivity index (χ0n) is 5.42. The number of hydrogen-bond donors (Lipinski definition) is 0. The smallest absolute Gasteiger partial charge is 1.00 e. The maximum Gasteiger partial charge on any atom is 1.00 e. The predicted molar refractivity (Wildman–Crippen MR) is 10.5 cm³/mol. The fourth-order valence-electron chi connectivity index (χ4n) is 0. The maximum atomic E-state index is 8.52. The van der Waals surface area contributed by atoms with E-state index in [1.165, 1.54) is 0 Å². The van der Waals surface area contributed by atoms with Crippen molar-refractivity contribution in [1.82, 2.24) is 0 Å². The van der Waals surface area contributed by atoms with Crippen LogP contribution in [0.2, 0.25) is 0 Å². The normalized spacial score (nSPS) is 6.44. The molecule has 0 aliphatic carbocycles. The first kappa shape index (κ1) is 29.4. The molecule has 40 valence electrons. The van der Waals surface area contributed by atoms with Gasteiger partial charge in [0.15, 0.2) is 0 Å². The van der Waals surface area contributed by atoms with Gasteiger partial charge in [-0.3, -0.25) is 8.42 Å². The first-order valence-electron chi connectivity index (χ1n) is 0.667. The molecule has 0 radical (unpaired) electrons. The van der Waals surface area contributed by atoms with Gasteiger partial charge in [-0.1, -0.05) is 0 Å². The summed E-state index contributed by atoms with van der Waals surface area (Å²) in [6.07, 6.45) is 0. The van der Waals surface area contributed by atoms with Crippen molar-refractivity contribution in [2.24, 2.45) is 0 Å². The Kier molecular flexibility index (Phi) is 53.5. The summed E-state index contributed by atoms with van der Waals surface area (Å²) in [6, 6.07) is 0. The second-order valence-corrected chi connectivity index (χ2v) is 1.22. The van der Waals surface area contributed by atoms with Gasteiger partial charge < -0.3 is 13.8 Å². The molecule has 0 bridgehead atoms. The molecule has 0 aromatic carbocycles. The summed E-state index contributed by atoms with van der Waals surface area (Å²) in [5, 5.41) is 0. The number of hydrogen-bond acceptors (Lipinski definition) is 4. The van der Waals surface area contributed by atoms with E-state index >= 15 is 0 Å². The van der Waals surface area contributed by atoms with Gasteiger partial charge in [0.1, 0.15) is 0 Å². The number of halogens is 1. The second kappa shape index (κ2) is 16.4. The predicted octanol–water partition coefficient (Wildman–Crippen LogP) is -13.3. The molecule has 0 rings (SSSR count). The molecule has 9 heavy (non-hydrogen) atoms. The van der Waals surface area contributed by atoms with Gasteiger partial charge >= 0.3 is 207 Å². The summed E-state index contributed by atoms with van der Waals surface area (Å²) in [5.41, 5.74) is 0. The molecule has 0 aliphatic heterocycles. The van der Waals surface area contributed by atoms with Crippen molar-refractivity contribution < 1.29 is 229 Å². The topological polar surface area (TPSA) is 80.3 Å². The van der Waals surface area contributed by atoms with E-state index < -0.39 is 10.4 Å². The van der Waals surface area contributed by atoms with Crippen molar-refractivity contribution in [2.45, 2.75) is 0 Å². The van der Waals surface area contributed by atoms with Crippen molar-refractivity contribution in [3.63, 3.8) is 0 Å².